The number of aryl methyl sites for hydroxylation is 1. The first-order chi connectivity index (χ1) is 11.9. The predicted molar refractivity (Wildman–Crippen MR) is 99.2 cm³/mol. The molecule has 2 rings (SSSR count). The second-order valence-corrected chi connectivity index (χ2v) is 7.37. The molecule has 0 aliphatic rings. The topological polar surface area (TPSA) is 71.5 Å². The van der Waals surface area contributed by atoms with Gasteiger partial charge in [-0.05, 0) is 37.1 Å². The normalized spacial score (nSPS) is 10.6. The fraction of sp³-hybridized carbons (Fsp3) is 0.389. The summed E-state index contributed by atoms with van der Waals surface area (Å²) >= 11 is 1.41. The molecule has 0 atom stereocenters. The number of nitrogens with zero attached hydrogens (tertiary/aromatic N) is 2. The highest BCUT2D eigenvalue weighted by Gasteiger charge is 2.20. The lowest BCUT2D eigenvalue weighted by Crippen LogP contribution is -2.40. The Morgan fingerprint density at radius 1 is 1.28 bits per heavy atom. The van der Waals surface area contributed by atoms with Crippen LogP contribution in [0.3, 0.4) is 0 Å². The van der Waals surface area contributed by atoms with E-state index in [2.05, 4.69) is 10.3 Å². The molecule has 1 aromatic carbocycles. The van der Waals surface area contributed by atoms with E-state index in [1.54, 1.807) is 42.5 Å². The number of carbonyl (C=O) groups is 2. The lowest BCUT2D eigenvalue weighted by Gasteiger charge is -2.24. The number of ether oxygens (including phenoxy) is 1. The van der Waals surface area contributed by atoms with Gasteiger partial charge in [0.05, 0.1) is 7.11 Å². The number of aromatic nitrogens is 1. The molecule has 7 heteroatoms. The first kappa shape index (κ1) is 18.9. The van der Waals surface area contributed by atoms with Crippen LogP contribution < -0.4 is 10.1 Å². The maximum Gasteiger partial charge on any atom is 0.254 e. The van der Waals surface area contributed by atoms with Crippen LogP contribution in [-0.2, 0) is 4.79 Å². The van der Waals surface area contributed by atoms with Crippen LogP contribution >= 0.6 is 11.3 Å². The lowest BCUT2D eigenvalue weighted by atomic mass is 10.1. The van der Waals surface area contributed by atoms with Crippen LogP contribution in [0.15, 0.2) is 30.5 Å². The number of amides is 2. The van der Waals surface area contributed by atoms with E-state index in [9.17, 15) is 9.59 Å². The number of carbonyl (C=O) groups excluding carboxylic acids is 2. The molecular weight excluding hydrogens is 338 g/mol. The zero-order valence-corrected chi connectivity index (χ0v) is 15.7. The maximum atomic E-state index is 12.8. The third-order valence-corrected chi connectivity index (χ3v) is 4.24. The molecule has 1 heterocycles. The van der Waals surface area contributed by atoms with E-state index in [-0.39, 0.29) is 24.3 Å². The minimum atomic E-state index is -0.253. The first-order valence-electron chi connectivity index (χ1n) is 8.04. The fourth-order valence-electron chi connectivity index (χ4n) is 2.32. The quantitative estimate of drug-likeness (QED) is 0.822. The van der Waals surface area contributed by atoms with Gasteiger partial charge in [0.15, 0.2) is 5.13 Å². The molecule has 0 unspecified atom stereocenters. The molecule has 0 saturated carbocycles. The van der Waals surface area contributed by atoms with Gasteiger partial charge in [0.25, 0.3) is 5.91 Å². The Morgan fingerprint density at radius 3 is 2.48 bits per heavy atom. The van der Waals surface area contributed by atoms with Gasteiger partial charge in [-0.3, -0.25) is 9.59 Å². The number of hydrogen-bond acceptors (Lipinski definition) is 5. The fourth-order valence-corrected chi connectivity index (χ4v) is 3.00. The summed E-state index contributed by atoms with van der Waals surface area (Å²) in [6, 6.07) is 6.88. The summed E-state index contributed by atoms with van der Waals surface area (Å²) in [5, 5.41) is 3.29. The summed E-state index contributed by atoms with van der Waals surface area (Å²) in [5.41, 5.74) is 0.527. The van der Waals surface area contributed by atoms with E-state index in [4.69, 9.17) is 4.74 Å². The van der Waals surface area contributed by atoms with E-state index < -0.39 is 0 Å². The monoisotopic (exact) mass is 361 g/mol. The maximum absolute atomic E-state index is 12.8. The molecule has 2 amide bonds. The van der Waals surface area contributed by atoms with Crippen molar-refractivity contribution in [3.8, 4) is 5.75 Å². The van der Waals surface area contributed by atoms with Crippen molar-refractivity contribution in [3.05, 3.63) is 40.9 Å². The van der Waals surface area contributed by atoms with Crippen molar-refractivity contribution >= 4 is 28.3 Å². The molecule has 6 nitrogen and oxygen atoms in total. The van der Waals surface area contributed by atoms with Crippen LogP contribution in [0.5, 0.6) is 5.75 Å². The van der Waals surface area contributed by atoms with Crippen LogP contribution in [0.2, 0.25) is 0 Å². The molecule has 0 saturated heterocycles. The van der Waals surface area contributed by atoms with E-state index in [0.717, 1.165) is 4.88 Å². The van der Waals surface area contributed by atoms with Crippen LogP contribution in [0, 0.1) is 12.8 Å². The standard InChI is InChI=1S/C18H23N3O3S/c1-12(2)10-21(11-16(22)20-18-19-9-13(3)25-18)17(23)14-5-7-15(24-4)8-6-14/h5-9,12H,10-11H2,1-4H3,(H,19,20,22). The number of thiazole rings is 1. The van der Waals surface area contributed by atoms with Gasteiger partial charge in [0.2, 0.25) is 5.91 Å². The molecule has 134 valence electrons. The molecule has 1 N–H and O–H groups in total. The molecule has 0 spiro atoms. The van der Waals surface area contributed by atoms with Crippen LogP contribution in [-0.4, -0.2) is 41.9 Å². The van der Waals surface area contributed by atoms with Crippen LogP contribution in [0.1, 0.15) is 29.1 Å². The van der Waals surface area contributed by atoms with Crippen molar-refractivity contribution in [1.82, 2.24) is 9.88 Å². The zero-order valence-electron chi connectivity index (χ0n) is 14.9. The molecule has 0 radical (unpaired) electrons. The predicted octanol–water partition coefficient (Wildman–Crippen LogP) is 3.20. The highest BCUT2D eigenvalue weighted by Crippen LogP contribution is 2.17. The third-order valence-electron chi connectivity index (χ3n) is 3.41. The molecular formula is C18H23N3O3S. The van der Waals surface area contributed by atoms with E-state index in [1.165, 1.54) is 11.3 Å². The Labute approximate surface area is 151 Å². The highest BCUT2D eigenvalue weighted by molar-refractivity contribution is 7.15. The molecule has 0 bridgehead atoms. The van der Waals surface area contributed by atoms with Gasteiger partial charge >= 0.3 is 0 Å². The largest absolute Gasteiger partial charge is 0.497 e. The lowest BCUT2D eigenvalue weighted by molar-refractivity contribution is -0.117. The van der Waals surface area contributed by atoms with Crippen molar-refractivity contribution in [2.45, 2.75) is 20.8 Å². The smallest absolute Gasteiger partial charge is 0.254 e. The minimum absolute atomic E-state index is 0.0122. The van der Waals surface area contributed by atoms with Crippen molar-refractivity contribution in [2.75, 3.05) is 25.5 Å². The van der Waals surface area contributed by atoms with Crippen molar-refractivity contribution < 1.29 is 14.3 Å². The van der Waals surface area contributed by atoms with Gasteiger partial charge in [-0.2, -0.15) is 0 Å². The Balaban J connectivity index is 2.08. The summed E-state index contributed by atoms with van der Waals surface area (Å²) in [4.78, 5) is 31.7. The summed E-state index contributed by atoms with van der Waals surface area (Å²) in [6.07, 6.45) is 1.70. The first-order valence-corrected chi connectivity index (χ1v) is 8.86. The van der Waals surface area contributed by atoms with Crippen molar-refractivity contribution in [2.24, 2.45) is 5.92 Å². The number of hydrogen-bond donors (Lipinski definition) is 1. The van der Waals surface area contributed by atoms with E-state index in [1.807, 2.05) is 20.8 Å². The van der Waals surface area contributed by atoms with Gasteiger partial charge < -0.3 is 15.0 Å². The summed E-state index contributed by atoms with van der Waals surface area (Å²) in [6.45, 7) is 6.43. The second-order valence-electron chi connectivity index (χ2n) is 6.13. The van der Waals surface area contributed by atoms with Gasteiger partial charge in [-0.15, -0.1) is 11.3 Å². The number of rotatable bonds is 7. The Morgan fingerprint density at radius 2 is 1.96 bits per heavy atom. The zero-order chi connectivity index (χ0) is 18.4. The Hall–Kier alpha value is -2.41. The number of nitrogens with one attached hydrogen (secondary N) is 1. The summed E-state index contributed by atoms with van der Waals surface area (Å²) in [5.74, 6) is 0.500. The highest BCUT2D eigenvalue weighted by atomic mass is 32.1. The van der Waals surface area contributed by atoms with Gasteiger partial charge in [-0.25, -0.2) is 4.98 Å². The van der Waals surface area contributed by atoms with Crippen molar-refractivity contribution in [1.29, 1.82) is 0 Å². The van der Waals surface area contributed by atoms with Crippen molar-refractivity contribution in [3.63, 3.8) is 0 Å². The number of methoxy groups -OCH3 is 1. The third kappa shape index (κ3) is 5.56. The second kappa shape index (κ2) is 8.62. The van der Waals surface area contributed by atoms with Gasteiger partial charge in [0, 0.05) is 23.2 Å². The number of benzene rings is 1. The summed E-state index contributed by atoms with van der Waals surface area (Å²) < 4.78 is 5.11. The SMILES string of the molecule is COc1ccc(C(=O)N(CC(=O)Nc2ncc(C)s2)CC(C)C)cc1. The average molecular weight is 361 g/mol. The molecule has 0 aliphatic carbocycles. The Bertz CT molecular complexity index is 725. The van der Waals surface area contributed by atoms with E-state index >= 15 is 0 Å². The van der Waals surface area contributed by atoms with Gasteiger partial charge in [-0.1, -0.05) is 13.8 Å². The van der Waals surface area contributed by atoms with E-state index in [0.29, 0.717) is 23.0 Å². The molecule has 0 fully saturated rings. The summed E-state index contributed by atoms with van der Waals surface area (Å²) in [7, 11) is 1.58. The molecule has 25 heavy (non-hydrogen) atoms. The number of anilines is 1. The Kier molecular flexibility index (Phi) is 6.52. The van der Waals surface area contributed by atoms with Crippen LogP contribution in [0.25, 0.3) is 0 Å². The average Bonchev–Trinajstić information content (AvgIpc) is 2.98. The molecule has 0 aliphatic heterocycles. The minimum Gasteiger partial charge on any atom is -0.497 e. The van der Waals surface area contributed by atoms with Crippen LogP contribution in [0.4, 0.5) is 5.13 Å². The van der Waals surface area contributed by atoms with Gasteiger partial charge in [0.1, 0.15) is 12.3 Å². The molecule has 2 aromatic rings. The molecule has 1 aromatic heterocycles.